The molecule has 0 fully saturated rings. The zero-order valence-corrected chi connectivity index (χ0v) is 13.0. The van der Waals surface area contributed by atoms with Gasteiger partial charge >= 0.3 is 5.97 Å². The number of carbonyl (C=O) groups is 1. The summed E-state index contributed by atoms with van der Waals surface area (Å²) in [4.78, 5) is 18.1. The van der Waals surface area contributed by atoms with Crippen molar-refractivity contribution in [2.24, 2.45) is 0 Å². The van der Waals surface area contributed by atoms with Gasteiger partial charge in [-0.25, -0.2) is 14.2 Å². The predicted molar refractivity (Wildman–Crippen MR) is 86.4 cm³/mol. The number of hydrogen-bond acceptors (Lipinski definition) is 2. The summed E-state index contributed by atoms with van der Waals surface area (Å²) in [6, 6.07) is 8.84. The molecule has 0 saturated carbocycles. The van der Waals surface area contributed by atoms with Crippen LogP contribution in [-0.4, -0.2) is 21.0 Å². The molecule has 3 aromatic rings. The van der Waals surface area contributed by atoms with Crippen LogP contribution in [-0.2, 0) is 0 Å². The number of carboxylic acids is 1. The van der Waals surface area contributed by atoms with Gasteiger partial charge in [0.25, 0.3) is 0 Å². The maximum atomic E-state index is 13.9. The first-order chi connectivity index (χ1) is 11.0. The molecule has 3 rings (SSSR count). The van der Waals surface area contributed by atoms with Gasteiger partial charge < -0.3 is 10.1 Å². The number of halogens is 3. The van der Waals surface area contributed by atoms with Crippen molar-refractivity contribution < 1.29 is 14.3 Å². The van der Waals surface area contributed by atoms with Gasteiger partial charge in [-0.05, 0) is 24.3 Å². The van der Waals surface area contributed by atoms with Crippen LogP contribution in [0.1, 0.15) is 10.4 Å². The van der Waals surface area contributed by atoms with Gasteiger partial charge in [0.05, 0.1) is 26.9 Å². The summed E-state index contributed by atoms with van der Waals surface area (Å²) in [5.41, 5.74) is 1.28. The summed E-state index contributed by atoms with van der Waals surface area (Å²) >= 11 is 12.0. The summed E-state index contributed by atoms with van der Waals surface area (Å²) in [7, 11) is 0. The van der Waals surface area contributed by atoms with Crippen molar-refractivity contribution in [2.75, 3.05) is 0 Å². The zero-order valence-electron chi connectivity index (χ0n) is 11.5. The molecule has 0 unspecified atom stereocenters. The van der Waals surface area contributed by atoms with Crippen LogP contribution in [0.25, 0.3) is 22.6 Å². The number of nitrogens with zero attached hydrogens (tertiary/aromatic N) is 1. The molecule has 0 aliphatic rings. The number of aromatic carboxylic acids is 1. The van der Waals surface area contributed by atoms with Crippen molar-refractivity contribution in [3.8, 4) is 22.6 Å². The Morgan fingerprint density at radius 2 is 1.96 bits per heavy atom. The topological polar surface area (TPSA) is 66.0 Å². The molecule has 0 atom stereocenters. The minimum atomic E-state index is -1.11. The summed E-state index contributed by atoms with van der Waals surface area (Å²) < 4.78 is 13.9. The van der Waals surface area contributed by atoms with E-state index in [0.717, 1.165) is 0 Å². The molecule has 4 nitrogen and oxygen atoms in total. The number of aromatic amines is 1. The number of aromatic nitrogens is 2. The highest BCUT2D eigenvalue weighted by Crippen LogP contribution is 2.31. The van der Waals surface area contributed by atoms with Gasteiger partial charge in [0.1, 0.15) is 11.6 Å². The molecule has 116 valence electrons. The third-order valence-corrected chi connectivity index (χ3v) is 3.90. The monoisotopic (exact) mass is 350 g/mol. The molecule has 1 heterocycles. The number of carboxylic acid groups (broad SMARTS) is 1. The van der Waals surface area contributed by atoms with E-state index < -0.39 is 11.8 Å². The average Bonchev–Trinajstić information content (AvgIpc) is 2.96. The van der Waals surface area contributed by atoms with Gasteiger partial charge in [0, 0.05) is 11.8 Å². The number of benzene rings is 2. The first kappa shape index (κ1) is 15.5. The van der Waals surface area contributed by atoms with Gasteiger partial charge in [0.15, 0.2) is 0 Å². The van der Waals surface area contributed by atoms with Crippen molar-refractivity contribution in [3.63, 3.8) is 0 Å². The third-order valence-electron chi connectivity index (χ3n) is 3.27. The molecule has 7 heteroatoms. The van der Waals surface area contributed by atoms with E-state index in [1.807, 2.05) is 0 Å². The molecule has 2 N–H and O–H groups in total. The van der Waals surface area contributed by atoms with Crippen molar-refractivity contribution >= 4 is 29.2 Å². The van der Waals surface area contributed by atoms with E-state index in [1.165, 1.54) is 24.3 Å². The second kappa shape index (κ2) is 6.02. The Labute approximate surface area is 140 Å². The quantitative estimate of drug-likeness (QED) is 0.706. The van der Waals surface area contributed by atoms with Gasteiger partial charge in [-0.2, -0.15) is 0 Å². The highest BCUT2D eigenvalue weighted by atomic mass is 35.5. The number of hydrogen-bond donors (Lipinski definition) is 2. The molecule has 0 bridgehead atoms. The van der Waals surface area contributed by atoms with Crippen molar-refractivity contribution in [3.05, 3.63) is 64.0 Å². The summed E-state index contributed by atoms with van der Waals surface area (Å²) in [6.45, 7) is 0. The van der Waals surface area contributed by atoms with Crippen molar-refractivity contribution in [2.45, 2.75) is 0 Å². The first-order valence-corrected chi connectivity index (χ1v) is 7.26. The van der Waals surface area contributed by atoms with E-state index >= 15 is 0 Å². The number of imidazole rings is 1. The molecular formula is C16H9Cl2FN2O2. The second-order valence-electron chi connectivity index (χ2n) is 4.73. The normalized spacial score (nSPS) is 10.7. The minimum absolute atomic E-state index is 0.00308. The standard InChI is InChI=1S/C16H9Cl2FN2O2/c17-10-2-1-3-12(19)14(10)15-20-7-13(21-15)8-4-5-9(16(22)23)11(18)6-8/h1-7H,(H,20,21)(H,22,23). The Bertz CT molecular complexity index is 889. The van der Waals surface area contributed by atoms with Crippen LogP contribution in [0, 0.1) is 5.82 Å². The smallest absolute Gasteiger partial charge is 0.337 e. The van der Waals surface area contributed by atoms with E-state index in [-0.39, 0.29) is 27.0 Å². The molecular weight excluding hydrogens is 342 g/mol. The van der Waals surface area contributed by atoms with E-state index in [2.05, 4.69) is 9.97 Å². The Morgan fingerprint density at radius 1 is 1.17 bits per heavy atom. The maximum absolute atomic E-state index is 13.9. The average molecular weight is 351 g/mol. The SMILES string of the molecule is O=C(O)c1ccc(-c2c[nH]c(-c3c(F)cccc3Cl)n2)cc1Cl. The number of nitrogens with one attached hydrogen (secondary N) is 1. The molecule has 0 spiro atoms. The van der Waals surface area contributed by atoms with Crippen LogP contribution >= 0.6 is 23.2 Å². The molecule has 0 aliphatic heterocycles. The van der Waals surface area contributed by atoms with E-state index in [4.69, 9.17) is 28.3 Å². The van der Waals surface area contributed by atoms with Crippen LogP contribution in [0.15, 0.2) is 42.6 Å². The lowest BCUT2D eigenvalue weighted by Gasteiger charge is -2.03. The Morgan fingerprint density at radius 3 is 2.61 bits per heavy atom. The van der Waals surface area contributed by atoms with Crippen LogP contribution in [0.3, 0.4) is 0 Å². The third kappa shape index (κ3) is 2.93. The first-order valence-electron chi connectivity index (χ1n) is 6.50. The minimum Gasteiger partial charge on any atom is -0.478 e. The lowest BCUT2D eigenvalue weighted by Crippen LogP contribution is -1.97. The lowest BCUT2D eigenvalue weighted by atomic mass is 10.1. The van der Waals surface area contributed by atoms with Crippen LogP contribution < -0.4 is 0 Å². The predicted octanol–water partition coefficient (Wildman–Crippen LogP) is 4.89. The maximum Gasteiger partial charge on any atom is 0.337 e. The fourth-order valence-electron chi connectivity index (χ4n) is 2.17. The molecule has 0 radical (unpaired) electrons. The van der Waals surface area contributed by atoms with Crippen LogP contribution in [0.4, 0.5) is 4.39 Å². The summed E-state index contributed by atoms with van der Waals surface area (Å²) in [6.07, 6.45) is 1.57. The number of H-pyrrole nitrogens is 1. The summed E-state index contributed by atoms with van der Waals surface area (Å²) in [5.74, 6) is -1.32. The lowest BCUT2D eigenvalue weighted by molar-refractivity contribution is 0.0697. The van der Waals surface area contributed by atoms with Crippen LogP contribution in [0.2, 0.25) is 10.0 Å². The van der Waals surface area contributed by atoms with E-state index in [9.17, 15) is 9.18 Å². The van der Waals surface area contributed by atoms with E-state index in [1.54, 1.807) is 18.3 Å². The second-order valence-corrected chi connectivity index (χ2v) is 5.55. The van der Waals surface area contributed by atoms with Crippen LogP contribution in [0.5, 0.6) is 0 Å². The fraction of sp³-hybridized carbons (Fsp3) is 0. The van der Waals surface area contributed by atoms with Gasteiger partial charge in [-0.3, -0.25) is 0 Å². The molecule has 0 aliphatic carbocycles. The van der Waals surface area contributed by atoms with Gasteiger partial charge in [-0.15, -0.1) is 0 Å². The Balaban J connectivity index is 2.03. The van der Waals surface area contributed by atoms with Gasteiger partial charge in [-0.1, -0.05) is 35.3 Å². The number of rotatable bonds is 3. The molecule has 0 amide bonds. The van der Waals surface area contributed by atoms with Crippen molar-refractivity contribution in [1.82, 2.24) is 9.97 Å². The highest BCUT2D eigenvalue weighted by Gasteiger charge is 2.15. The van der Waals surface area contributed by atoms with Gasteiger partial charge in [0.2, 0.25) is 0 Å². The zero-order chi connectivity index (χ0) is 16.6. The summed E-state index contributed by atoms with van der Waals surface area (Å²) in [5, 5.41) is 9.32. The molecule has 0 saturated heterocycles. The fourth-order valence-corrected chi connectivity index (χ4v) is 2.68. The van der Waals surface area contributed by atoms with Crippen molar-refractivity contribution in [1.29, 1.82) is 0 Å². The largest absolute Gasteiger partial charge is 0.478 e. The Hall–Kier alpha value is -2.37. The van der Waals surface area contributed by atoms with E-state index in [0.29, 0.717) is 11.3 Å². The highest BCUT2D eigenvalue weighted by molar-refractivity contribution is 6.34. The Kier molecular flexibility index (Phi) is 4.07. The molecule has 23 heavy (non-hydrogen) atoms. The molecule has 2 aromatic carbocycles. The molecule has 1 aromatic heterocycles.